The maximum atomic E-state index is 12.2. The number of H-pyrrole nitrogens is 1. The summed E-state index contributed by atoms with van der Waals surface area (Å²) in [7, 11) is 1.43. The fourth-order valence-electron chi connectivity index (χ4n) is 3.51. The van der Waals surface area contributed by atoms with Gasteiger partial charge in [-0.05, 0) is 30.7 Å². The summed E-state index contributed by atoms with van der Waals surface area (Å²) in [5.74, 6) is -0.939. The number of methoxy groups -OCH3 is 1. The van der Waals surface area contributed by atoms with Crippen molar-refractivity contribution in [3.63, 3.8) is 0 Å². The number of amides is 2. The average molecular weight is 431 g/mol. The summed E-state index contributed by atoms with van der Waals surface area (Å²) in [6.45, 7) is 1.79. The molecule has 162 valence electrons. The predicted molar refractivity (Wildman–Crippen MR) is 121 cm³/mol. The van der Waals surface area contributed by atoms with Crippen LogP contribution in [0.15, 0.2) is 42.6 Å². The van der Waals surface area contributed by atoms with E-state index in [1.165, 1.54) is 7.11 Å². The van der Waals surface area contributed by atoms with Crippen LogP contribution in [-0.2, 0) is 9.53 Å². The van der Waals surface area contributed by atoms with Gasteiger partial charge >= 0.3 is 0 Å². The van der Waals surface area contributed by atoms with Crippen LogP contribution < -0.4 is 16.8 Å². The highest BCUT2D eigenvalue weighted by atomic mass is 16.5. The van der Waals surface area contributed by atoms with E-state index in [1.807, 2.05) is 19.1 Å². The van der Waals surface area contributed by atoms with Crippen molar-refractivity contribution in [3.05, 3.63) is 53.9 Å². The molecule has 2 aromatic heterocycles. The SMILES string of the molecule is COCC(=O)Nc1ccccc1-c1nc(C(N)=O)c(N)c(-c2c(C)ccc3[nH]ncc23)n1. The topological polar surface area (TPSA) is 162 Å². The number of ether oxygens (including phenoxy) is 1. The van der Waals surface area contributed by atoms with Gasteiger partial charge in [-0.3, -0.25) is 14.7 Å². The molecule has 2 amide bonds. The Hall–Kier alpha value is -4.31. The summed E-state index contributed by atoms with van der Waals surface area (Å²) in [6, 6.07) is 10.8. The van der Waals surface area contributed by atoms with Crippen molar-refractivity contribution in [1.29, 1.82) is 0 Å². The number of aryl methyl sites for hydroxylation is 1. The standard InChI is InChI=1S/C22H21N7O3/c1-11-7-8-15-13(9-25-29-15)17(11)19-18(23)20(21(24)31)28-22(27-19)12-5-3-4-6-14(12)26-16(30)10-32-2/h3-9H,10,23H2,1-2H3,(H2,24,31)(H,25,29)(H,26,30). The second-order valence-corrected chi connectivity index (χ2v) is 7.14. The summed E-state index contributed by atoms with van der Waals surface area (Å²) in [5.41, 5.74) is 15.5. The number of hydrogen-bond acceptors (Lipinski definition) is 7. The molecule has 0 atom stereocenters. The number of aromatic amines is 1. The average Bonchev–Trinajstić information content (AvgIpc) is 3.23. The van der Waals surface area contributed by atoms with Gasteiger partial charge in [-0.15, -0.1) is 0 Å². The normalized spacial score (nSPS) is 10.9. The Morgan fingerprint density at radius 2 is 1.94 bits per heavy atom. The number of nitrogens with two attached hydrogens (primary N) is 2. The Balaban J connectivity index is 1.96. The van der Waals surface area contributed by atoms with Crippen LogP contribution in [0.3, 0.4) is 0 Å². The molecule has 2 heterocycles. The fraction of sp³-hybridized carbons (Fsp3) is 0.136. The molecule has 4 aromatic rings. The highest BCUT2D eigenvalue weighted by Gasteiger charge is 2.22. The van der Waals surface area contributed by atoms with E-state index in [1.54, 1.807) is 30.5 Å². The second-order valence-electron chi connectivity index (χ2n) is 7.14. The zero-order valence-electron chi connectivity index (χ0n) is 17.5. The molecule has 0 aliphatic heterocycles. The minimum Gasteiger partial charge on any atom is -0.395 e. The van der Waals surface area contributed by atoms with Gasteiger partial charge in [0.25, 0.3) is 5.91 Å². The van der Waals surface area contributed by atoms with Crippen LogP contribution in [0.4, 0.5) is 11.4 Å². The number of anilines is 2. The monoisotopic (exact) mass is 431 g/mol. The first-order valence-corrected chi connectivity index (χ1v) is 9.69. The van der Waals surface area contributed by atoms with Crippen molar-refractivity contribution < 1.29 is 14.3 Å². The summed E-state index contributed by atoms with van der Waals surface area (Å²) >= 11 is 0. The van der Waals surface area contributed by atoms with Crippen molar-refractivity contribution in [2.75, 3.05) is 24.8 Å². The molecule has 0 bridgehead atoms. The molecular formula is C22H21N7O3. The van der Waals surface area contributed by atoms with Gasteiger partial charge in [-0.2, -0.15) is 5.10 Å². The summed E-state index contributed by atoms with van der Waals surface area (Å²) < 4.78 is 4.88. The zero-order valence-corrected chi connectivity index (χ0v) is 17.5. The summed E-state index contributed by atoms with van der Waals surface area (Å²) in [6.07, 6.45) is 1.67. The van der Waals surface area contributed by atoms with Gasteiger partial charge in [0.05, 0.1) is 28.8 Å². The maximum Gasteiger partial charge on any atom is 0.269 e. The lowest BCUT2D eigenvalue weighted by Gasteiger charge is -2.15. The number of carbonyl (C=O) groups is 2. The number of hydrogen-bond donors (Lipinski definition) is 4. The Bertz CT molecular complexity index is 1350. The first-order chi connectivity index (χ1) is 15.4. The Morgan fingerprint density at radius 1 is 1.16 bits per heavy atom. The lowest BCUT2D eigenvalue weighted by molar-refractivity contribution is -0.119. The predicted octanol–water partition coefficient (Wildman–Crippen LogP) is 2.26. The van der Waals surface area contributed by atoms with Crippen molar-refractivity contribution in [2.45, 2.75) is 6.92 Å². The minimum absolute atomic E-state index is 0.0685. The van der Waals surface area contributed by atoms with Gasteiger partial charge in [-0.1, -0.05) is 18.2 Å². The van der Waals surface area contributed by atoms with Gasteiger partial charge in [0.1, 0.15) is 6.61 Å². The van der Waals surface area contributed by atoms with Crippen molar-refractivity contribution >= 4 is 34.1 Å². The van der Waals surface area contributed by atoms with E-state index >= 15 is 0 Å². The van der Waals surface area contributed by atoms with E-state index in [-0.39, 0.29) is 29.7 Å². The second kappa shape index (κ2) is 8.44. The molecule has 0 spiro atoms. The van der Waals surface area contributed by atoms with Gasteiger partial charge in [0.2, 0.25) is 5.91 Å². The molecule has 32 heavy (non-hydrogen) atoms. The molecule has 0 saturated heterocycles. The van der Waals surface area contributed by atoms with E-state index in [2.05, 4.69) is 20.5 Å². The van der Waals surface area contributed by atoms with Gasteiger partial charge < -0.3 is 21.5 Å². The summed E-state index contributed by atoms with van der Waals surface area (Å²) in [4.78, 5) is 33.3. The number of rotatable bonds is 6. The zero-order chi connectivity index (χ0) is 22.8. The van der Waals surface area contributed by atoms with Crippen LogP contribution in [0.25, 0.3) is 33.5 Å². The highest BCUT2D eigenvalue weighted by Crippen LogP contribution is 2.36. The molecule has 2 aromatic carbocycles. The minimum atomic E-state index is -0.787. The molecule has 10 nitrogen and oxygen atoms in total. The fourth-order valence-corrected chi connectivity index (χ4v) is 3.51. The largest absolute Gasteiger partial charge is 0.395 e. The van der Waals surface area contributed by atoms with Crippen LogP contribution in [-0.4, -0.2) is 45.7 Å². The molecular weight excluding hydrogens is 410 g/mol. The molecule has 0 fully saturated rings. The molecule has 0 aliphatic rings. The van der Waals surface area contributed by atoms with Crippen molar-refractivity contribution in [1.82, 2.24) is 20.2 Å². The quantitative estimate of drug-likeness (QED) is 0.364. The molecule has 4 rings (SSSR count). The molecule has 0 aliphatic carbocycles. The molecule has 6 N–H and O–H groups in total. The lowest BCUT2D eigenvalue weighted by atomic mass is 9.99. The number of nitrogen functional groups attached to an aromatic ring is 1. The Labute approximate surface area is 183 Å². The number of fused-ring (bicyclic) bond motifs is 1. The maximum absolute atomic E-state index is 12.2. The van der Waals surface area contributed by atoms with E-state index < -0.39 is 5.91 Å². The number of para-hydroxylation sites is 1. The number of benzene rings is 2. The third-order valence-corrected chi connectivity index (χ3v) is 4.97. The van der Waals surface area contributed by atoms with Gasteiger partial charge in [0.15, 0.2) is 11.5 Å². The van der Waals surface area contributed by atoms with Crippen LogP contribution in [0.1, 0.15) is 16.1 Å². The smallest absolute Gasteiger partial charge is 0.269 e. The van der Waals surface area contributed by atoms with E-state index in [0.29, 0.717) is 22.5 Å². The Morgan fingerprint density at radius 3 is 2.69 bits per heavy atom. The van der Waals surface area contributed by atoms with Gasteiger partial charge in [0, 0.05) is 23.6 Å². The van der Waals surface area contributed by atoms with Gasteiger partial charge in [-0.25, -0.2) is 9.97 Å². The van der Waals surface area contributed by atoms with Crippen LogP contribution in [0, 0.1) is 6.92 Å². The number of carbonyl (C=O) groups excluding carboxylic acids is 2. The van der Waals surface area contributed by atoms with Crippen molar-refractivity contribution in [3.8, 4) is 22.6 Å². The number of primary amides is 1. The van der Waals surface area contributed by atoms with Crippen LogP contribution >= 0.6 is 0 Å². The molecule has 10 heteroatoms. The first-order valence-electron chi connectivity index (χ1n) is 9.69. The van der Waals surface area contributed by atoms with Crippen molar-refractivity contribution in [2.24, 2.45) is 5.73 Å². The Kier molecular flexibility index (Phi) is 5.52. The molecule has 0 unspecified atom stereocenters. The number of nitrogens with one attached hydrogen (secondary N) is 2. The van der Waals surface area contributed by atoms with E-state index in [4.69, 9.17) is 21.2 Å². The molecule has 0 saturated carbocycles. The number of nitrogens with zero attached hydrogens (tertiary/aromatic N) is 3. The number of aromatic nitrogens is 4. The van der Waals surface area contributed by atoms with Crippen LogP contribution in [0.5, 0.6) is 0 Å². The van der Waals surface area contributed by atoms with Crippen LogP contribution in [0.2, 0.25) is 0 Å². The summed E-state index contributed by atoms with van der Waals surface area (Å²) in [5, 5.41) is 10.6. The highest BCUT2D eigenvalue weighted by molar-refractivity contribution is 6.04. The van der Waals surface area contributed by atoms with E-state index in [9.17, 15) is 9.59 Å². The third-order valence-electron chi connectivity index (χ3n) is 4.97. The first kappa shape index (κ1) is 20.9. The third kappa shape index (κ3) is 3.74. The molecule has 0 radical (unpaired) electrons. The van der Waals surface area contributed by atoms with E-state index in [0.717, 1.165) is 16.5 Å². The lowest BCUT2D eigenvalue weighted by Crippen LogP contribution is -2.19.